The molecule has 0 aliphatic carbocycles. The number of aromatic nitrogens is 4. The predicted octanol–water partition coefficient (Wildman–Crippen LogP) is 3.65. The molecule has 0 amide bonds. The number of benzene rings is 2. The highest BCUT2D eigenvalue weighted by Gasteiger charge is 2.21. The van der Waals surface area contributed by atoms with Crippen molar-refractivity contribution in [1.29, 1.82) is 0 Å². The molecule has 202 valence electrons. The Morgan fingerprint density at radius 2 is 1.49 bits per heavy atom. The predicted molar refractivity (Wildman–Crippen MR) is 154 cm³/mol. The molecule has 2 saturated heterocycles. The van der Waals surface area contributed by atoms with Gasteiger partial charge in [0.2, 0.25) is 11.9 Å². The Labute approximate surface area is 235 Å². The van der Waals surface area contributed by atoms with E-state index in [1.165, 1.54) is 11.8 Å². The number of carbonyl (C=O) groups is 1. The fourth-order valence-electron chi connectivity index (χ4n) is 4.60. The molecule has 2 aromatic carbocycles. The number of nitrogens with zero attached hydrogens (tertiary/aromatic N) is 6. The molecular formula is C28H30N6O3S2. The van der Waals surface area contributed by atoms with Crippen molar-refractivity contribution in [3.05, 3.63) is 65.5 Å². The second-order valence-electron chi connectivity index (χ2n) is 9.50. The van der Waals surface area contributed by atoms with E-state index in [9.17, 15) is 4.79 Å². The van der Waals surface area contributed by atoms with Crippen molar-refractivity contribution >= 4 is 51.0 Å². The maximum atomic E-state index is 12.5. The number of anilines is 2. The topological polar surface area (TPSA) is 93.6 Å². The molecule has 0 saturated carbocycles. The first-order valence-corrected chi connectivity index (χ1v) is 15.0. The number of Topliss-reactive ketones (excluding diaryl/α,β-unsaturated/α-hetero) is 1. The number of ketones is 1. The van der Waals surface area contributed by atoms with E-state index in [0.29, 0.717) is 56.9 Å². The van der Waals surface area contributed by atoms with E-state index < -0.39 is 0 Å². The molecule has 2 fully saturated rings. The van der Waals surface area contributed by atoms with Crippen molar-refractivity contribution in [2.45, 2.75) is 17.2 Å². The number of morpholine rings is 2. The van der Waals surface area contributed by atoms with Gasteiger partial charge in [-0.1, -0.05) is 48.2 Å². The number of thiazole rings is 1. The molecule has 0 bridgehead atoms. The molecule has 39 heavy (non-hydrogen) atoms. The summed E-state index contributed by atoms with van der Waals surface area (Å²) in [6.07, 6.45) is 1.05. The smallest absolute Gasteiger partial charge is 0.230 e. The summed E-state index contributed by atoms with van der Waals surface area (Å²) < 4.78 is 13.1. The van der Waals surface area contributed by atoms with Gasteiger partial charge in [0.15, 0.2) is 4.34 Å². The number of carbonyl (C=O) groups excluding carboxylic acids is 1. The summed E-state index contributed by atoms with van der Waals surface area (Å²) in [5.41, 5.74) is 3.11. The molecule has 0 unspecified atom stereocenters. The monoisotopic (exact) mass is 562 g/mol. The maximum Gasteiger partial charge on any atom is 0.230 e. The molecule has 0 radical (unpaired) electrons. The summed E-state index contributed by atoms with van der Waals surface area (Å²) in [5.74, 6) is 2.79. The van der Waals surface area contributed by atoms with Crippen molar-refractivity contribution in [2.75, 3.05) is 68.2 Å². The van der Waals surface area contributed by atoms with Crippen LogP contribution in [0.15, 0.2) is 52.9 Å². The molecule has 2 aliphatic rings. The lowest BCUT2D eigenvalue weighted by molar-refractivity contribution is -0.116. The van der Waals surface area contributed by atoms with Crippen LogP contribution in [-0.4, -0.2) is 84.1 Å². The fourth-order valence-corrected chi connectivity index (χ4v) is 6.59. The summed E-state index contributed by atoms with van der Waals surface area (Å²) in [4.78, 5) is 36.1. The number of rotatable bonds is 9. The molecule has 4 aromatic rings. The molecule has 2 aliphatic heterocycles. The van der Waals surface area contributed by atoms with Gasteiger partial charge in [-0.05, 0) is 23.3 Å². The third-order valence-electron chi connectivity index (χ3n) is 6.64. The normalized spacial score (nSPS) is 16.1. The SMILES string of the molecule is O=C(CSc1nc2ccc(Cc3nc(N4CCOCC4)nc(N4CCOCC4)n3)cc2s1)Cc1ccccc1. The van der Waals surface area contributed by atoms with Crippen LogP contribution in [0.2, 0.25) is 0 Å². The van der Waals surface area contributed by atoms with Crippen molar-refractivity contribution in [3.8, 4) is 0 Å². The third-order valence-corrected chi connectivity index (χ3v) is 8.86. The van der Waals surface area contributed by atoms with Gasteiger partial charge in [0.1, 0.15) is 11.6 Å². The zero-order chi connectivity index (χ0) is 26.4. The molecule has 6 rings (SSSR count). The van der Waals surface area contributed by atoms with E-state index in [0.717, 1.165) is 57.7 Å². The Hall–Kier alpha value is -3.12. The van der Waals surface area contributed by atoms with Gasteiger partial charge < -0.3 is 19.3 Å². The highest BCUT2D eigenvalue weighted by Crippen LogP contribution is 2.31. The van der Waals surface area contributed by atoms with Crippen molar-refractivity contribution < 1.29 is 14.3 Å². The van der Waals surface area contributed by atoms with Crippen molar-refractivity contribution in [3.63, 3.8) is 0 Å². The standard InChI is InChI=1S/C28H30N6O3S2/c35-22(16-20-4-2-1-3-5-20)19-38-28-29-23-7-6-21(17-24(23)39-28)18-25-30-26(33-8-12-36-13-9-33)32-27(31-25)34-10-14-37-15-11-34/h1-7,17H,8-16,18-19H2. The van der Waals surface area contributed by atoms with E-state index in [4.69, 9.17) is 29.4 Å². The molecule has 4 heterocycles. The van der Waals surface area contributed by atoms with Crippen LogP contribution in [0.25, 0.3) is 10.2 Å². The van der Waals surface area contributed by atoms with Gasteiger partial charge in [-0.25, -0.2) is 4.98 Å². The molecule has 0 N–H and O–H groups in total. The molecular weight excluding hydrogens is 532 g/mol. The van der Waals surface area contributed by atoms with Crippen LogP contribution < -0.4 is 9.80 Å². The number of hydrogen-bond donors (Lipinski definition) is 0. The highest BCUT2D eigenvalue weighted by atomic mass is 32.2. The maximum absolute atomic E-state index is 12.5. The van der Waals surface area contributed by atoms with Crippen LogP contribution in [0, 0.1) is 0 Å². The molecule has 11 heteroatoms. The van der Waals surface area contributed by atoms with Crippen LogP contribution in [0.5, 0.6) is 0 Å². The molecule has 2 aromatic heterocycles. The average molecular weight is 563 g/mol. The minimum absolute atomic E-state index is 0.202. The first-order valence-electron chi connectivity index (χ1n) is 13.2. The van der Waals surface area contributed by atoms with Gasteiger partial charge in [0.05, 0.1) is 42.4 Å². The summed E-state index contributed by atoms with van der Waals surface area (Å²) in [7, 11) is 0. The van der Waals surface area contributed by atoms with Crippen molar-refractivity contribution in [1.82, 2.24) is 19.9 Å². The second-order valence-corrected chi connectivity index (χ2v) is 11.8. The highest BCUT2D eigenvalue weighted by molar-refractivity contribution is 8.01. The first kappa shape index (κ1) is 26.1. The van der Waals surface area contributed by atoms with Gasteiger partial charge in [-0.15, -0.1) is 11.3 Å². The van der Waals surface area contributed by atoms with Crippen LogP contribution in [0.1, 0.15) is 17.0 Å². The minimum Gasteiger partial charge on any atom is -0.378 e. The van der Waals surface area contributed by atoms with Crippen molar-refractivity contribution in [2.24, 2.45) is 0 Å². The number of ether oxygens (including phenoxy) is 2. The zero-order valence-corrected chi connectivity index (χ0v) is 23.3. The lowest BCUT2D eigenvalue weighted by atomic mass is 10.1. The van der Waals surface area contributed by atoms with Gasteiger partial charge >= 0.3 is 0 Å². The second kappa shape index (κ2) is 12.4. The van der Waals surface area contributed by atoms with Crippen LogP contribution >= 0.6 is 23.1 Å². The molecule has 9 nitrogen and oxygen atoms in total. The largest absolute Gasteiger partial charge is 0.378 e. The van der Waals surface area contributed by atoms with Gasteiger partial charge in [0.25, 0.3) is 0 Å². The first-order chi connectivity index (χ1) is 19.2. The summed E-state index contributed by atoms with van der Waals surface area (Å²) in [6, 6.07) is 16.2. The van der Waals surface area contributed by atoms with Crippen LogP contribution in [0.4, 0.5) is 11.9 Å². The number of fused-ring (bicyclic) bond motifs is 1. The Morgan fingerprint density at radius 1 is 0.821 bits per heavy atom. The number of thioether (sulfide) groups is 1. The van der Waals surface area contributed by atoms with E-state index in [1.54, 1.807) is 11.3 Å². The van der Waals surface area contributed by atoms with E-state index in [1.807, 2.05) is 36.4 Å². The van der Waals surface area contributed by atoms with Gasteiger partial charge in [-0.2, -0.15) is 15.0 Å². The Balaban J connectivity index is 1.17. The minimum atomic E-state index is 0.202. The third kappa shape index (κ3) is 6.73. The summed E-state index contributed by atoms with van der Waals surface area (Å²) in [5, 5.41) is 0. The fraction of sp³-hybridized carbons (Fsp3) is 0.393. The lowest BCUT2D eigenvalue weighted by Gasteiger charge is -2.30. The molecule has 0 spiro atoms. The van der Waals surface area contributed by atoms with E-state index >= 15 is 0 Å². The van der Waals surface area contributed by atoms with Crippen LogP contribution in [-0.2, 0) is 27.1 Å². The van der Waals surface area contributed by atoms with E-state index in [-0.39, 0.29) is 5.78 Å². The average Bonchev–Trinajstić information content (AvgIpc) is 3.40. The van der Waals surface area contributed by atoms with Gasteiger partial charge in [0, 0.05) is 39.0 Å². The quantitative estimate of drug-likeness (QED) is 0.282. The summed E-state index contributed by atoms with van der Waals surface area (Å²) >= 11 is 3.14. The molecule has 0 atom stereocenters. The van der Waals surface area contributed by atoms with E-state index in [2.05, 4.69) is 21.9 Å². The van der Waals surface area contributed by atoms with Gasteiger partial charge in [-0.3, -0.25) is 4.79 Å². The summed E-state index contributed by atoms with van der Waals surface area (Å²) in [6.45, 7) is 5.78. The Morgan fingerprint density at radius 3 is 2.15 bits per heavy atom. The van der Waals surface area contributed by atoms with Crippen LogP contribution in [0.3, 0.4) is 0 Å². The Bertz CT molecular complexity index is 1390. The number of hydrogen-bond acceptors (Lipinski definition) is 11. The Kier molecular flexibility index (Phi) is 8.29. The zero-order valence-electron chi connectivity index (χ0n) is 21.6. The lowest BCUT2D eigenvalue weighted by Crippen LogP contribution is -2.40.